The number of fused-ring (bicyclic) bond motifs is 1. The maximum absolute atomic E-state index is 12.9. The number of aromatic nitrogens is 1. The van der Waals surface area contributed by atoms with Gasteiger partial charge in [0.2, 0.25) is 11.8 Å². The average Bonchev–Trinajstić information content (AvgIpc) is 2.72. The normalized spacial score (nSPS) is 11.6. The molecule has 0 fully saturated rings. The lowest BCUT2D eigenvalue weighted by atomic mass is 10.1. The third kappa shape index (κ3) is 5.61. The van der Waals surface area contributed by atoms with Crippen LogP contribution in [-0.2, 0) is 15.8 Å². The minimum Gasteiger partial charge on any atom is -0.333 e. The van der Waals surface area contributed by atoms with Gasteiger partial charge in [-0.1, -0.05) is 35.9 Å². The van der Waals surface area contributed by atoms with Crippen LogP contribution in [0.4, 0.5) is 18.9 Å². The maximum Gasteiger partial charge on any atom is 0.417 e. The number of carbonyl (C=O) groups is 2. The van der Waals surface area contributed by atoms with E-state index in [0.29, 0.717) is 0 Å². The molecule has 0 spiro atoms. The van der Waals surface area contributed by atoms with E-state index < -0.39 is 28.6 Å². The van der Waals surface area contributed by atoms with Crippen LogP contribution in [0.1, 0.15) is 11.1 Å². The SMILES string of the molecule is CN(CC(=O)Nc1ccc(Cl)c(C(F)(F)F)c1)C(=O)/C=C/c1cccc2cccnc12. The van der Waals surface area contributed by atoms with Crippen LogP contribution in [0.5, 0.6) is 0 Å². The average molecular weight is 448 g/mol. The first-order valence-electron chi connectivity index (χ1n) is 9.08. The summed E-state index contributed by atoms with van der Waals surface area (Å²) < 4.78 is 38.8. The highest BCUT2D eigenvalue weighted by atomic mass is 35.5. The van der Waals surface area contributed by atoms with Gasteiger partial charge in [0.25, 0.3) is 0 Å². The molecule has 0 saturated carbocycles. The summed E-state index contributed by atoms with van der Waals surface area (Å²) in [4.78, 5) is 30.0. The summed E-state index contributed by atoms with van der Waals surface area (Å²) in [6.07, 6.45) is -0.0909. The van der Waals surface area contributed by atoms with Gasteiger partial charge in [-0.25, -0.2) is 0 Å². The second kappa shape index (κ2) is 9.18. The third-order valence-electron chi connectivity index (χ3n) is 4.38. The van der Waals surface area contributed by atoms with Gasteiger partial charge in [-0.05, 0) is 30.3 Å². The van der Waals surface area contributed by atoms with E-state index in [-0.39, 0.29) is 12.2 Å². The standard InChI is InChI=1S/C22H17ClF3N3O2/c1-29(13-19(30)28-16-8-9-18(23)17(12-16)22(24,25)26)20(31)10-7-15-5-2-4-14-6-3-11-27-21(14)15/h2-12H,13H2,1H3,(H,28,30)/b10-7+. The lowest BCUT2D eigenvalue weighted by Crippen LogP contribution is -2.33. The minimum atomic E-state index is -4.65. The van der Waals surface area contributed by atoms with Crippen molar-refractivity contribution in [3.63, 3.8) is 0 Å². The van der Waals surface area contributed by atoms with Gasteiger partial charge in [-0.15, -0.1) is 0 Å². The van der Waals surface area contributed by atoms with Gasteiger partial charge in [-0.2, -0.15) is 13.2 Å². The summed E-state index contributed by atoms with van der Waals surface area (Å²) >= 11 is 5.57. The van der Waals surface area contributed by atoms with Crippen LogP contribution < -0.4 is 5.32 Å². The van der Waals surface area contributed by atoms with Crippen molar-refractivity contribution in [3.05, 3.63) is 77.0 Å². The zero-order valence-electron chi connectivity index (χ0n) is 16.3. The Morgan fingerprint density at radius 3 is 2.65 bits per heavy atom. The van der Waals surface area contributed by atoms with E-state index in [4.69, 9.17) is 11.6 Å². The number of alkyl halides is 3. The molecule has 0 radical (unpaired) electrons. The first kappa shape index (κ1) is 22.3. The van der Waals surface area contributed by atoms with Crippen LogP contribution in [0.25, 0.3) is 17.0 Å². The van der Waals surface area contributed by atoms with Crippen LogP contribution in [0.2, 0.25) is 5.02 Å². The highest BCUT2D eigenvalue weighted by Crippen LogP contribution is 2.36. The molecular weight excluding hydrogens is 431 g/mol. The summed E-state index contributed by atoms with van der Waals surface area (Å²) in [7, 11) is 1.41. The fourth-order valence-corrected chi connectivity index (χ4v) is 3.09. The smallest absolute Gasteiger partial charge is 0.333 e. The summed E-state index contributed by atoms with van der Waals surface area (Å²) in [6.45, 7) is -0.346. The largest absolute Gasteiger partial charge is 0.417 e. The highest BCUT2D eigenvalue weighted by molar-refractivity contribution is 6.31. The van der Waals surface area contributed by atoms with Gasteiger partial charge in [0.05, 0.1) is 22.6 Å². The number of carbonyl (C=O) groups excluding carboxylic acids is 2. The van der Waals surface area contributed by atoms with E-state index in [1.807, 2.05) is 30.3 Å². The maximum atomic E-state index is 12.9. The van der Waals surface area contributed by atoms with Crippen LogP contribution in [0.15, 0.2) is 60.8 Å². The molecule has 9 heteroatoms. The van der Waals surface area contributed by atoms with Gasteiger partial charge in [0.1, 0.15) is 0 Å². The molecule has 0 atom stereocenters. The van der Waals surface area contributed by atoms with Gasteiger partial charge in [0, 0.05) is 36.0 Å². The fraction of sp³-hybridized carbons (Fsp3) is 0.136. The molecule has 1 heterocycles. The minimum absolute atomic E-state index is 0.0695. The lowest BCUT2D eigenvalue weighted by Gasteiger charge is -2.16. The fourth-order valence-electron chi connectivity index (χ4n) is 2.86. The van der Waals surface area contributed by atoms with Gasteiger partial charge < -0.3 is 10.2 Å². The van der Waals surface area contributed by atoms with Crippen molar-refractivity contribution >= 4 is 46.1 Å². The Morgan fingerprint density at radius 2 is 1.90 bits per heavy atom. The summed E-state index contributed by atoms with van der Waals surface area (Å²) in [5, 5.41) is 2.80. The van der Waals surface area contributed by atoms with E-state index in [1.54, 1.807) is 12.3 Å². The monoisotopic (exact) mass is 447 g/mol. The molecule has 0 bridgehead atoms. The molecule has 0 saturated heterocycles. The van der Waals surface area contributed by atoms with Gasteiger partial charge in [-0.3, -0.25) is 14.6 Å². The molecule has 2 aromatic carbocycles. The molecule has 3 aromatic rings. The van der Waals surface area contributed by atoms with Gasteiger partial charge in [0.15, 0.2) is 0 Å². The molecule has 31 heavy (non-hydrogen) atoms. The number of hydrogen-bond donors (Lipinski definition) is 1. The number of rotatable bonds is 5. The van der Waals surface area contributed by atoms with Crippen molar-refractivity contribution in [1.82, 2.24) is 9.88 Å². The van der Waals surface area contributed by atoms with E-state index in [1.165, 1.54) is 19.2 Å². The third-order valence-corrected chi connectivity index (χ3v) is 4.71. The van der Waals surface area contributed by atoms with E-state index >= 15 is 0 Å². The first-order valence-corrected chi connectivity index (χ1v) is 9.46. The van der Waals surface area contributed by atoms with E-state index in [9.17, 15) is 22.8 Å². The number of amides is 2. The predicted octanol–water partition coefficient (Wildman–Crippen LogP) is 5.02. The Balaban J connectivity index is 1.64. The molecule has 2 amide bonds. The quantitative estimate of drug-likeness (QED) is 0.559. The molecule has 0 unspecified atom stereocenters. The van der Waals surface area contributed by atoms with Crippen molar-refractivity contribution in [2.45, 2.75) is 6.18 Å². The molecule has 0 aliphatic rings. The Bertz CT molecular complexity index is 1160. The number of benzene rings is 2. The second-order valence-corrected chi connectivity index (χ2v) is 7.10. The number of pyridine rings is 1. The van der Waals surface area contributed by atoms with Crippen LogP contribution in [0, 0.1) is 0 Å². The number of hydrogen-bond acceptors (Lipinski definition) is 3. The molecule has 5 nitrogen and oxygen atoms in total. The number of nitrogens with one attached hydrogen (secondary N) is 1. The Kier molecular flexibility index (Phi) is 6.60. The van der Waals surface area contributed by atoms with Crippen molar-refractivity contribution in [2.75, 3.05) is 18.9 Å². The number of anilines is 1. The first-order chi connectivity index (χ1) is 14.6. The topological polar surface area (TPSA) is 62.3 Å². The summed E-state index contributed by atoms with van der Waals surface area (Å²) in [5.74, 6) is -1.10. The Morgan fingerprint density at radius 1 is 1.16 bits per heavy atom. The van der Waals surface area contributed by atoms with Crippen LogP contribution in [-0.4, -0.2) is 35.3 Å². The Hall–Kier alpha value is -3.39. The molecule has 0 aliphatic carbocycles. The number of halogens is 4. The zero-order valence-corrected chi connectivity index (χ0v) is 17.0. The molecule has 3 rings (SSSR count). The van der Waals surface area contributed by atoms with Crippen molar-refractivity contribution in [2.24, 2.45) is 0 Å². The number of nitrogens with zero attached hydrogens (tertiary/aromatic N) is 2. The molecule has 1 N–H and O–H groups in total. The molecule has 1 aromatic heterocycles. The van der Waals surface area contributed by atoms with Crippen molar-refractivity contribution < 1.29 is 22.8 Å². The lowest BCUT2D eigenvalue weighted by molar-refractivity contribution is -0.137. The molecule has 160 valence electrons. The molecule has 0 aliphatic heterocycles. The summed E-state index contributed by atoms with van der Waals surface area (Å²) in [6, 6.07) is 12.3. The Labute approximate surface area is 181 Å². The van der Waals surface area contributed by atoms with Crippen molar-refractivity contribution in [1.29, 1.82) is 0 Å². The van der Waals surface area contributed by atoms with E-state index in [2.05, 4.69) is 10.3 Å². The molecular formula is C22H17ClF3N3O2. The van der Waals surface area contributed by atoms with Crippen LogP contribution >= 0.6 is 11.6 Å². The van der Waals surface area contributed by atoms with E-state index in [0.717, 1.165) is 33.5 Å². The number of likely N-dealkylation sites (N-methyl/N-ethyl adjacent to an activating group) is 1. The summed E-state index contributed by atoms with van der Waals surface area (Å²) in [5.41, 5.74) is 0.353. The predicted molar refractivity (Wildman–Crippen MR) is 113 cm³/mol. The highest BCUT2D eigenvalue weighted by Gasteiger charge is 2.33. The second-order valence-electron chi connectivity index (χ2n) is 6.69. The van der Waals surface area contributed by atoms with Crippen molar-refractivity contribution in [3.8, 4) is 0 Å². The van der Waals surface area contributed by atoms with Crippen LogP contribution in [0.3, 0.4) is 0 Å². The number of para-hydroxylation sites is 1. The van der Waals surface area contributed by atoms with Gasteiger partial charge >= 0.3 is 6.18 Å². The zero-order chi connectivity index (χ0) is 22.6.